The second-order valence-corrected chi connectivity index (χ2v) is 6.28. The molecule has 0 atom stereocenters. The molecule has 1 rings (SSSR count). The molecule has 0 saturated carbocycles. The average molecular weight is 302 g/mol. The quantitative estimate of drug-likeness (QED) is 0.877. The van der Waals surface area contributed by atoms with Crippen LogP contribution in [0.15, 0.2) is 0 Å². The molecule has 0 fully saturated rings. The molecule has 0 spiro atoms. The third kappa shape index (κ3) is 4.21. The smallest absolute Gasteiger partial charge is 0.304 e. The van der Waals surface area contributed by atoms with Gasteiger partial charge in [-0.2, -0.15) is 5.10 Å². The van der Waals surface area contributed by atoms with Crippen LogP contribution in [-0.2, 0) is 17.9 Å². The highest BCUT2D eigenvalue weighted by Gasteiger charge is 2.25. The number of aryl methyl sites for hydroxylation is 2. The van der Waals surface area contributed by atoms with Gasteiger partial charge >= 0.3 is 5.97 Å². The summed E-state index contributed by atoms with van der Waals surface area (Å²) >= 11 is 6.32. The standard InChI is InChI=1S/C14H24ClN3O2/c1-6-18-11(13(15)10(2)16-18)9-17(14(3,4)5)8-7-12(19)20/h6-9H2,1-5H3,(H,19,20). The maximum atomic E-state index is 10.8. The highest BCUT2D eigenvalue weighted by atomic mass is 35.5. The van der Waals surface area contributed by atoms with Gasteiger partial charge in [0.05, 0.1) is 22.8 Å². The molecule has 0 radical (unpaired) electrons. The Bertz CT molecular complexity index is 477. The minimum Gasteiger partial charge on any atom is -0.481 e. The number of carbonyl (C=O) groups is 1. The van der Waals surface area contributed by atoms with Crippen molar-refractivity contribution in [1.82, 2.24) is 14.7 Å². The highest BCUT2D eigenvalue weighted by molar-refractivity contribution is 6.31. The molecule has 5 nitrogen and oxygen atoms in total. The maximum absolute atomic E-state index is 10.8. The Morgan fingerprint density at radius 1 is 1.45 bits per heavy atom. The van der Waals surface area contributed by atoms with Gasteiger partial charge in [-0.15, -0.1) is 0 Å². The summed E-state index contributed by atoms with van der Waals surface area (Å²) in [5, 5.41) is 14.0. The number of hydrogen-bond acceptors (Lipinski definition) is 3. The SMILES string of the molecule is CCn1nc(C)c(Cl)c1CN(CCC(=O)O)C(C)(C)C. The first-order valence-electron chi connectivity index (χ1n) is 6.85. The Kier molecular flexibility index (Phi) is 5.59. The summed E-state index contributed by atoms with van der Waals surface area (Å²) in [5.41, 5.74) is 1.64. The monoisotopic (exact) mass is 301 g/mol. The molecule has 1 aromatic heterocycles. The molecule has 0 aromatic carbocycles. The van der Waals surface area contributed by atoms with Crippen LogP contribution in [-0.4, -0.2) is 37.8 Å². The van der Waals surface area contributed by atoms with E-state index in [1.54, 1.807) is 0 Å². The summed E-state index contributed by atoms with van der Waals surface area (Å²) in [7, 11) is 0. The minimum atomic E-state index is -0.787. The molecular formula is C14H24ClN3O2. The molecule has 1 aromatic rings. The third-order valence-corrected chi connectivity index (χ3v) is 3.83. The van der Waals surface area contributed by atoms with Crippen molar-refractivity contribution in [2.75, 3.05) is 6.54 Å². The van der Waals surface area contributed by atoms with Crippen LogP contribution >= 0.6 is 11.6 Å². The Morgan fingerprint density at radius 3 is 2.50 bits per heavy atom. The maximum Gasteiger partial charge on any atom is 0.304 e. The number of halogens is 1. The third-order valence-electron chi connectivity index (χ3n) is 3.34. The Labute approximate surface area is 125 Å². The Hall–Kier alpha value is -1.07. The Balaban J connectivity index is 2.98. The molecule has 0 aliphatic heterocycles. The van der Waals surface area contributed by atoms with Crippen LogP contribution in [0.25, 0.3) is 0 Å². The number of nitrogens with zero attached hydrogens (tertiary/aromatic N) is 3. The lowest BCUT2D eigenvalue weighted by molar-refractivity contribution is -0.137. The van der Waals surface area contributed by atoms with E-state index in [2.05, 4.69) is 30.8 Å². The van der Waals surface area contributed by atoms with Gasteiger partial charge < -0.3 is 5.11 Å². The number of carboxylic acids is 1. The molecule has 0 bridgehead atoms. The van der Waals surface area contributed by atoms with Crippen molar-refractivity contribution in [3.63, 3.8) is 0 Å². The van der Waals surface area contributed by atoms with E-state index in [0.717, 1.165) is 17.9 Å². The van der Waals surface area contributed by atoms with Crippen molar-refractivity contribution in [3.05, 3.63) is 16.4 Å². The van der Waals surface area contributed by atoms with Gasteiger partial charge in [0, 0.05) is 25.2 Å². The zero-order valence-electron chi connectivity index (χ0n) is 12.9. The fourth-order valence-corrected chi connectivity index (χ4v) is 2.28. The summed E-state index contributed by atoms with van der Waals surface area (Å²) in [6.07, 6.45) is 0.119. The van der Waals surface area contributed by atoms with Crippen molar-refractivity contribution in [3.8, 4) is 0 Å². The van der Waals surface area contributed by atoms with E-state index < -0.39 is 5.97 Å². The van der Waals surface area contributed by atoms with E-state index in [1.807, 2.05) is 18.5 Å². The van der Waals surface area contributed by atoms with Crippen molar-refractivity contribution >= 4 is 17.6 Å². The minimum absolute atomic E-state index is 0.119. The van der Waals surface area contributed by atoms with Crippen LogP contribution in [0.1, 0.15) is 45.5 Å². The van der Waals surface area contributed by atoms with Gasteiger partial charge in [0.2, 0.25) is 0 Å². The molecule has 0 aliphatic rings. The molecular weight excluding hydrogens is 278 g/mol. The molecule has 0 unspecified atom stereocenters. The fourth-order valence-electron chi connectivity index (χ4n) is 2.08. The molecule has 20 heavy (non-hydrogen) atoms. The topological polar surface area (TPSA) is 58.4 Å². The van der Waals surface area contributed by atoms with Gasteiger partial charge in [-0.3, -0.25) is 14.4 Å². The van der Waals surface area contributed by atoms with E-state index in [1.165, 1.54) is 0 Å². The molecule has 0 aliphatic carbocycles. The van der Waals surface area contributed by atoms with E-state index >= 15 is 0 Å². The molecule has 114 valence electrons. The van der Waals surface area contributed by atoms with E-state index in [9.17, 15) is 4.79 Å². The fraction of sp³-hybridized carbons (Fsp3) is 0.714. The van der Waals surface area contributed by atoms with Crippen LogP contribution in [0, 0.1) is 6.92 Å². The molecule has 6 heteroatoms. The lowest BCUT2D eigenvalue weighted by atomic mass is 10.1. The van der Waals surface area contributed by atoms with Crippen LogP contribution in [0.5, 0.6) is 0 Å². The summed E-state index contributed by atoms with van der Waals surface area (Å²) in [6.45, 7) is 12.0. The first kappa shape index (κ1) is 17.0. The lowest BCUT2D eigenvalue weighted by Crippen LogP contribution is -2.42. The Morgan fingerprint density at radius 2 is 2.05 bits per heavy atom. The van der Waals surface area contributed by atoms with Crippen LogP contribution in [0.4, 0.5) is 0 Å². The van der Waals surface area contributed by atoms with Crippen molar-refractivity contribution in [1.29, 1.82) is 0 Å². The van der Waals surface area contributed by atoms with E-state index in [0.29, 0.717) is 18.1 Å². The van der Waals surface area contributed by atoms with Crippen molar-refractivity contribution < 1.29 is 9.90 Å². The molecule has 0 amide bonds. The van der Waals surface area contributed by atoms with Gasteiger partial charge in [-0.25, -0.2) is 0 Å². The van der Waals surface area contributed by atoms with Crippen molar-refractivity contribution in [2.45, 2.75) is 59.7 Å². The lowest BCUT2D eigenvalue weighted by Gasteiger charge is -2.35. The normalized spacial score (nSPS) is 12.2. The summed E-state index contributed by atoms with van der Waals surface area (Å²) in [4.78, 5) is 12.9. The first-order valence-corrected chi connectivity index (χ1v) is 7.23. The van der Waals surface area contributed by atoms with Gasteiger partial charge in [-0.1, -0.05) is 11.6 Å². The zero-order chi connectivity index (χ0) is 15.5. The highest BCUT2D eigenvalue weighted by Crippen LogP contribution is 2.25. The predicted molar refractivity (Wildman–Crippen MR) is 80.1 cm³/mol. The number of rotatable bonds is 6. The summed E-state index contributed by atoms with van der Waals surface area (Å²) in [5.74, 6) is -0.787. The van der Waals surface area contributed by atoms with Gasteiger partial charge in [0.25, 0.3) is 0 Å². The molecule has 1 N–H and O–H groups in total. The number of hydrogen-bond donors (Lipinski definition) is 1. The first-order chi connectivity index (χ1) is 9.16. The second kappa shape index (κ2) is 6.59. The second-order valence-electron chi connectivity index (χ2n) is 5.90. The summed E-state index contributed by atoms with van der Waals surface area (Å²) in [6, 6.07) is 0. The molecule has 1 heterocycles. The van der Waals surface area contributed by atoms with Crippen molar-refractivity contribution in [2.24, 2.45) is 0 Å². The largest absolute Gasteiger partial charge is 0.481 e. The van der Waals surface area contributed by atoms with Crippen LogP contribution < -0.4 is 0 Å². The number of aliphatic carboxylic acids is 1. The zero-order valence-corrected chi connectivity index (χ0v) is 13.7. The van der Waals surface area contributed by atoms with Crippen LogP contribution in [0.2, 0.25) is 5.02 Å². The van der Waals surface area contributed by atoms with E-state index in [-0.39, 0.29) is 12.0 Å². The van der Waals surface area contributed by atoms with Gasteiger partial charge in [0.15, 0.2) is 0 Å². The average Bonchev–Trinajstić information content (AvgIpc) is 2.59. The number of carboxylic acid groups (broad SMARTS) is 1. The van der Waals surface area contributed by atoms with E-state index in [4.69, 9.17) is 16.7 Å². The molecule has 0 saturated heterocycles. The summed E-state index contributed by atoms with van der Waals surface area (Å²) < 4.78 is 1.89. The van der Waals surface area contributed by atoms with Gasteiger partial charge in [-0.05, 0) is 34.6 Å². The van der Waals surface area contributed by atoms with Crippen LogP contribution in [0.3, 0.4) is 0 Å². The number of aromatic nitrogens is 2. The van der Waals surface area contributed by atoms with Gasteiger partial charge in [0.1, 0.15) is 0 Å². The predicted octanol–water partition coefficient (Wildman–Crippen LogP) is 2.94.